The third-order valence-electron chi connectivity index (χ3n) is 4.80. The van der Waals surface area contributed by atoms with Gasteiger partial charge in [-0.25, -0.2) is 13.2 Å². The number of amides is 1. The van der Waals surface area contributed by atoms with Crippen LogP contribution in [0.25, 0.3) is 6.08 Å². The van der Waals surface area contributed by atoms with E-state index in [2.05, 4.69) is 0 Å². The molecule has 0 aromatic heterocycles. The second-order valence-corrected chi connectivity index (χ2v) is 9.06. The van der Waals surface area contributed by atoms with Crippen LogP contribution >= 0.6 is 0 Å². The zero-order chi connectivity index (χ0) is 20.7. The maximum Gasteiger partial charge on any atom is 0.331 e. The number of nitrogens with zero attached hydrogens (tertiary/aromatic N) is 1. The zero-order valence-corrected chi connectivity index (χ0v) is 17.3. The first-order valence-corrected chi connectivity index (χ1v) is 11.1. The Morgan fingerprint density at radius 1 is 1.36 bits per heavy atom. The van der Waals surface area contributed by atoms with Gasteiger partial charge in [-0.3, -0.25) is 4.79 Å². The van der Waals surface area contributed by atoms with E-state index in [-0.39, 0.29) is 29.5 Å². The average molecular weight is 410 g/mol. The molecule has 154 valence electrons. The van der Waals surface area contributed by atoms with E-state index in [1.807, 2.05) is 19.9 Å². The molecule has 7 nitrogen and oxygen atoms in total. The number of sulfone groups is 1. The van der Waals surface area contributed by atoms with Gasteiger partial charge in [0, 0.05) is 18.2 Å². The van der Waals surface area contributed by atoms with E-state index in [0.717, 1.165) is 5.56 Å². The Bertz CT molecular complexity index is 833. The summed E-state index contributed by atoms with van der Waals surface area (Å²) >= 11 is 0. The number of ether oxygens (including phenoxy) is 2. The third kappa shape index (κ3) is 6.09. The van der Waals surface area contributed by atoms with Gasteiger partial charge in [-0.15, -0.1) is 0 Å². The van der Waals surface area contributed by atoms with Crippen molar-refractivity contribution in [2.75, 3.05) is 25.2 Å². The first-order chi connectivity index (χ1) is 13.3. The normalized spacial score (nSPS) is 19.3. The molecule has 0 N–H and O–H groups in total. The Hall–Kier alpha value is -2.35. The number of hydrogen-bond donors (Lipinski definition) is 0. The van der Waals surface area contributed by atoms with Gasteiger partial charge in [-0.1, -0.05) is 19.1 Å². The van der Waals surface area contributed by atoms with Crippen molar-refractivity contribution in [3.05, 3.63) is 35.9 Å². The number of esters is 1. The molecule has 2 atom stereocenters. The molecule has 1 aliphatic rings. The van der Waals surface area contributed by atoms with Gasteiger partial charge in [-0.2, -0.15) is 0 Å². The monoisotopic (exact) mass is 409 g/mol. The van der Waals surface area contributed by atoms with Gasteiger partial charge in [-0.05, 0) is 43.5 Å². The highest BCUT2D eigenvalue weighted by Crippen LogP contribution is 2.21. The predicted octanol–water partition coefficient (Wildman–Crippen LogP) is 2.07. The van der Waals surface area contributed by atoms with Crippen LogP contribution in [0, 0.1) is 0 Å². The van der Waals surface area contributed by atoms with Crippen molar-refractivity contribution in [3.63, 3.8) is 0 Å². The highest BCUT2D eigenvalue weighted by Gasteiger charge is 2.36. The summed E-state index contributed by atoms with van der Waals surface area (Å²) in [6.07, 6.45) is 3.93. The van der Waals surface area contributed by atoms with Crippen LogP contribution in [0.15, 0.2) is 30.3 Å². The molecule has 1 amide bonds. The van der Waals surface area contributed by atoms with E-state index >= 15 is 0 Å². The highest BCUT2D eigenvalue weighted by molar-refractivity contribution is 7.91. The molecule has 0 saturated carbocycles. The summed E-state index contributed by atoms with van der Waals surface area (Å²) in [4.78, 5) is 26.1. The lowest BCUT2D eigenvalue weighted by Gasteiger charge is -2.33. The van der Waals surface area contributed by atoms with E-state index in [1.54, 1.807) is 36.3 Å². The maximum atomic E-state index is 12.6. The van der Waals surface area contributed by atoms with Gasteiger partial charge >= 0.3 is 5.97 Å². The van der Waals surface area contributed by atoms with Crippen LogP contribution in [-0.2, 0) is 24.2 Å². The topological polar surface area (TPSA) is 90.0 Å². The van der Waals surface area contributed by atoms with Crippen molar-refractivity contribution >= 4 is 27.8 Å². The molecule has 1 heterocycles. The minimum Gasteiger partial charge on any atom is -0.497 e. The molecule has 0 radical (unpaired) electrons. The number of carbonyl (C=O) groups is 2. The summed E-state index contributed by atoms with van der Waals surface area (Å²) in [5.74, 6) is -0.298. The number of rotatable bonds is 8. The Morgan fingerprint density at radius 2 is 2.11 bits per heavy atom. The van der Waals surface area contributed by atoms with Crippen LogP contribution in [0.4, 0.5) is 0 Å². The fourth-order valence-electron chi connectivity index (χ4n) is 3.17. The Balaban J connectivity index is 1.95. The summed E-state index contributed by atoms with van der Waals surface area (Å²) in [7, 11) is -1.56. The molecule has 1 aromatic carbocycles. The Kier molecular flexibility index (Phi) is 7.62. The smallest absolute Gasteiger partial charge is 0.331 e. The van der Waals surface area contributed by atoms with E-state index < -0.39 is 22.4 Å². The predicted molar refractivity (Wildman–Crippen MR) is 107 cm³/mol. The second-order valence-electron chi connectivity index (χ2n) is 6.83. The van der Waals surface area contributed by atoms with Crippen LogP contribution in [0.2, 0.25) is 0 Å². The summed E-state index contributed by atoms with van der Waals surface area (Å²) < 4.78 is 33.7. The second kappa shape index (κ2) is 9.73. The molecule has 1 saturated heterocycles. The van der Waals surface area contributed by atoms with Crippen LogP contribution in [0.3, 0.4) is 0 Å². The van der Waals surface area contributed by atoms with Crippen molar-refractivity contribution in [3.8, 4) is 5.75 Å². The lowest BCUT2D eigenvalue weighted by atomic mass is 10.1. The van der Waals surface area contributed by atoms with Crippen molar-refractivity contribution in [1.82, 2.24) is 4.90 Å². The van der Waals surface area contributed by atoms with Gasteiger partial charge < -0.3 is 14.4 Å². The van der Waals surface area contributed by atoms with Crippen molar-refractivity contribution in [1.29, 1.82) is 0 Å². The first-order valence-electron chi connectivity index (χ1n) is 9.26. The van der Waals surface area contributed by atoms with Crippen molar-refractivity contribution < 1.29 is 27.5 Å². The molecule has 1 aliphatic heterocycles. The van der Waals surface area contributed by atoms with Crippen LogP contribution < -0.4 is 4.74 Å². The molecule has 2 rings (SSSR count). The number of hydrogen-bond acceptors (Lipinski definition) is 6. The van der Waals surface area contributed by atoms with Crippen molar-refractivity contribution in [2.24, 2.45) is 0 Å². The number of benzene rings is 1. The van der Waals surface area contributed by atoms with Gasteiger partial charge in [0.15, 0.2) is 16.4 Å². The van der Waals surface area contributed by atoms with E-state index in [4.69, 9.17) is 9.47 Å². The van der Waals surface area contributed by atoms with Crippen molar-refractivity contribution in [2.45, 2.75) is 38.8 Å². The third-order valence-corrected chi connectivity index (χ3v) is 6.55. The number of methoxy groups -OCH3 is 1. The van der Waals surface area contributed by atoms with Crippen LogP contribution in [-0.4, -0.2) is 62.5 Å². The van der Waals surface area contributed by atoms with Crippen LogP contribution in [0.1, 0.15) is 32.3 Å². The zero-order valence-electron chi connectivity index (χ0n) is 16.5. The molecular weight excluding hydrogens is 382 g/mol. The molecule has 0 unspecified atom stereocenters. The fraction of sp³-hybridized carbons (Fsp3) is 0.500. The molecule has 28 heavy (non-hydrogen) atoms. The lowest BCUT2D eigenvalue weighted by Crippen LogP contribution is -2.48. The Labute approximate surface area is 166 Å². The Morgan fingerprint density at radius 3 is 2.71 bits per heavy atom. The molecule has 1 aromatic rings. The molecule has 0 aliphatic carbocycles. The summed E-state index contributed by atoms with van der Waals surface area (Å²) in [5, 5.41) is 0. The minimum atomic E-state index is -3.12. The lowest BCUT2D eigenvalue weighted by molar-refractivity contribution is -0.150. The molecule has 8 heteroatoms. The SMILES string of the molecule is CC[C@H](C)N(C(=O)COC(=O)/C=C/c1cccc(OC)c1)[C@H]1CCS(=O)(=O)C1. The quantitative estimate of drug-likeness (QED) is 0.482. The number of carbonyl (C=O) groups excluding carboxylic acids is 2. The average Bonchev–Trinajstić information content (AvgIpc) is 3.04. The summed E-state index contributed by atoms with van der Waals surface area (Å²) in [6.45, 7) is 3.38. The largest absolute Gasteiger partial charge is 0.497 e. The van der Waals surface area contributed by atoms with Gasteiger partial charge in [0.05, 0.1) is 18.6 Å². The summed E-state index contributed by atoms with van der Waals surface area (Å²) in [6, 6.07) is 6.67. The van der Waals surface area contributed by atoms with Crippen LogP contribution in [0.5, 0.6) is 5.75 Å². The molecule has 1 fully saturated rings. The molecule has 0 bridgehead atoms. The molecule has 0 spiro atoms. The maximum absolute atomic E-state index is 12.6. The standard InChI is InChI=1S/C20H27NO6S/c1-4-15(2)21(17-10-11-28(24,25)14-17)19(22)13-27-20(23)9-8-16-6-5-7-18(12-16)26-3/h5-9,12,15,17H,4,10-11,13-14H2,1-3H3/b9-8+/t15-,17-/m0/s1. The van der Waals surface area contributed by atoms with Gasteiger partial charge in [0.2, 0.25) is 0 Å². The van der Waals surface area contributed by atoms with Gasteiger partial charge in [0.1, 0.15) is 5.75 Å². The summed E-state index contributed by atoms with van der Waals surface area (Å²) in [5.41, 5.74) is 0.764. The van der Waals surface area contributed by atoms with E-state index in [9.17, 15) is 18.0 Å². The fourth-order valence-corrected chi connectivity index (χ4v) is 4.88. The van der Waals surface area contributed by atoms with E-state index in [0.29, 0.717) is 18.6 Å². The first kappa shape index (κ1) is 21.9. The van der Waals surface area contributed by atoms with E-state index in [1.165, 1.54) is 6.08 Å². The van der Waals surface area contributed by atoms with Gasteiger partial charge in [0.25, 0.3) is 5.91 Å². The molecular formula is C20H27NO6S. The highest BCUT2D eigenvalue weighted by atomic mass is 32.2. The minimum absolute atomic E-state index is 0.0350.